The first kappa shape index (κ1) is 17.5. The van der Waals surface area contributed by atoms with Crippen molar-refractivity contribution in [2.45, 2.75) is 24.9 Å². The van der Waals surface area contributed by atoms with Crippen LogP contribution in [0.5, 0.6) is 0 Å². The number of rotatable bonds is 1. The molecule has 0 amide bonds. The van der Waals surface area contributed by atoms with Crippen molar-refractivity contribution in [1.29, 1.82) is 0 Å². The van der Waals surface area contributed by atoms with Gasteiger partial charge in [-0.05, 0) is 19.1 Å². The zero-order valence-corrected chi connectivity index (χ0v) is 14.7. The summed E-state index contributed by atoms with van der Waals surface area (Å²) >= 11 is 0. The fourth-order valence-electron chi connectivity index (χ4n) is 3.85. The van der Waals surface area contributed by atoms with Crippen LogP contribution in [0.15, 0.2) is 12.1 Å². The second-order valence-electron chi connectivity index (χ2n) is 7.06. The maximum atomic E-state index is 14.2. The summed E-state index contributed by atoms with van der Waals surface area (Å²) in [6.07, 6.45) is -3.10. The summed E-state index contributed by atoms with van der Waals surface area (Å²) in [5.74, 6) is -8.63. The predicted molar refractivity (Wildman–Crippen MR) is 90.8 cm³/mol. The summed E-state index contributed by atoms with van der Waals surface area (Å²) in [6, 6.07) is 1.86. The Kier molecular flexibility index (Phi) is 3.44. The molecule has 1 N–H and O–H groups in total. The highest BCUT2D eigenvalue weighted by atomic mass is 19.3. The van der Waals surface area contributed by atoms with Gasteiger partial charge in [0, 0.05) is 42.7 Å². The van der Waals surface area contributed by atoms with Gasteiger partial charge in [0.1, 0.15) is 5.82 Å². The van der Waals surface area contributed by atoms with Gasteiger partial charge in [0.2, 0.25) is 5.95 Å². The number of nitrogens with one attached hydrogen (secondary N) is 1. The highest BCUT2D eigenvalue weighted by Gasteiger charge is 2.69. The number of benzene rings is 1. The first-order chi connectivity index (χ1) is 13.2. The Balaban J connectivity index is 1.81. The smallest absolute Gasteiger partial charge is 0.338 e. The number of hydrogen-bond donors (Lipinski definition) is 1. The number of fused-ring (bicyclic) bond motifs is 4. The van der Waals surface area contributed by atoms with Gasteiger partial charge in [0.15, 0.2) is 11.8 Å². The van der Waals surface area contributed by atoms with Gasteiger partial charge in [-0.15, -0.1) is 5.10 Å². The van der Waals surface area contributed by atoms with Crippen LogP contribution in [-0.2, 0) is 5.92 Å². The van der Waals surface area contributed by atoms with Crippen molar-refractivity contribution in [2.24, 2.45) is 0 Å². The van der Waals surface area contributed by atoms with Crippen LogP contribution in [0.4, 0.5) is 27.9 Å². The van der Waals surface area contributed by atoms with Crippen molar-refractivity contribution in [3.05, 3.63) is 29.1 Å². The monoisotopic (exact) mass is 398 g/mol. The molecule has 1 unspecified atom stereocenters. The van der Waals surface area contributed by atoms with Gasteiger partial charge in [-0.3, -0.25) is 0 Å². The van der Waals surface area contributed by atoms with Gasteiger partial charge in [0.05, 0.1) is 5.52 Å². The first-order valence-electron chi connectivity index (χ1n) is 8.78. The zero-order valence-electron chi connectivity index (χ0n) is 14.7. The Morgan fingerprint density at radius 3 is 2.54 bits per heavy atom. The quantitative estimate of drug-likeness (QED) is 0.639. The zero-order chi connectivity index (χ0) is 19.8. The SMILES string of the molecule is Cc1nc2c3cc4c(cc3nc(N3CCNCC3)n2n1)C(F)(F)C(F)(F)C4F. The van der Waals surface area contributed by atoms with Crippen LogP contribution in [0.2, 0.25) is 0 Å². The van der Waals surface area contributed by atoms with E-state index in [0.717, 1.165) is 12.1 Å². The first-order valence-corrected chi connectivity index (χ1v) is 8.78. The normalized spacial score (nSPS) is 23.5. The number of anilines is 1. The van der Waals surface area contributed by atoms with Crippen LogP contribution in [0.1, 0.15) is 23.1 Å². The number of nitrogens with zero attached hydrogens (tertiary/aromatic N) is 5. The van der Waals surface area contributed by atoms with Crippen molar-refractivity contribution < 1.29 is 22.0 Å². The molecule has 0 radical (unpaired) electrons. The van der Waals surface area contributed by atoms with Crippen LogP contribution in [0, 0.1) is 6.92 Å². The van der Waals surface area contributed by atoms with E-state index in [1.54, 1.807) is 6.92 Å². The fraction of sp³-hybridized carbons (Fsp3) is 0.471. The van der Waals surface area contributed by atoms with Crippen molar-refractivity contribution in [2.75, 3.05) is 31.1 Å². The Bertz CT molecular complexity index is 1100. The van der Waals surface area contributed by atoms with Crippen LogP contribution in [0.25, 0.3) is 16.6 Å². The minimum atomic E-state index is -4.81. The van der Waals surface area contributed by atoms with E-state index < -0.39 is 29.1 Å². The molecule has 28 heavy (non-hydrogen) atoms. The predicted octanol–water partition coefficient (Wildman–Crippen LogP) is 2.75. The van der Waals surface area contributed by atoms with Crippen LogP contribution < -0.4 is 10.2 Å². The summed E-state index contributed by atoms with van der Waals surface area (Å²) < 4.78 is 71.7. The molecule has 1 atom stereocenters. The number of piperazine rings is 1. The molecule has 0 spiro atoms. The standard InChI is InChI=1S/C17H15F5N6/c1-8-24-14-10-6-9-11(16(19,20)17(21,22)13(9)18)7-12(10)25-15(28(14)26-8)27-4-2-23-3-5-27/h6-7,13,23H,2-5H2,1H3. The molecule has 6 nitrogen and oxygen atoms in total. The van der Waals surface area contributed by atoms with Crippen LogP contribution in [-0.4, -0.2) is 51.7 Å². The summed E-state index contributed by atoms with van der Waals surface area (Å²) in [4.78, 5) is 10.6. The van der Waals surface area contributed by atoms with Gasteiger partial charge >= 0.3 is 11.8 Å². The molecule has 1 aromatic carbocycles. The lowest BCUT2D eigenvalue weighted by molar-refractivity contribution is -0.232. The molecule has 2 aliphatic rings. The molecule has 2 aromatic heterocycles. The van der Waals surface area contributed by atoms with Crippen molar-refractivity contribution in [1.82, 2.24) is 24.9 Å². The largest absolute Gasteiger partial charge is 0.349 e. The number of alkyl halides is 5. The van der Waals surface area contributed by atoms with E-state index in [2.05, 4.69) is 20.4 Å². The minimum Gasteiger partial charge on any atom is -0.338 e. The van der Waals surface area contributed by atoms with Gasteiger partial charge in [-0.25, -0.2) is 14.4 Å². The lowest BCUT2D eigenvalue weighted by Crippen LogP contribution is -2.44. The molecule has 3 aromatic rings. The summed E-state index contributed by atoms with van der Waals surface area (Å²) in [7, 11) is 0. The van der Waals surface area contributed by atoms with Crippen LogP contribution in [0.3, 0.4) is 0 Å². The number of aromatic nitrogens is 4. The van der Waals surface area contributed by atoms with E-state index in [9.17, 15) is 22.0 Å². The Morgan fingerprint density at radius 2 is 1.82 bits per heavy atom. The van der Waals surface area contributed by atoms with E-state index >= 15 is 0 Å². The van der Waals surface area contributed by atoms with E-state index in [4.69, 9.17) is 0 Å². The maximum Gasteiger partial charge on any atom is 0.349 e. The molecular weight excluding hydrogens is 383 g/mol. The lowest BCUT2D eigenvalue weighted by atomic mass is 10.1. The Labute approximate surface area is 155 Å². The van der Waals surface area contributed by atoms with Gasteiger partial charge in [0.25, 0.3) is 0 Å². The van der Waals surface area contributed by atoms with Crippen molar-refractivity contribution in [3.8, 4) is 0 Å². The summed E-state index contributed by atoms with van der Waals surface area (Å²) in [5.41, 5.74) is -1.44. The highest BCUT2D eigenvalue weighted by Crippen LogP contribution is 2.59. The molecule has 1 fully saturated rings. The van der Waals surface area contributed by atoms with E-state index in [1.807, 2.05) is 4.90 Å². The van der Waals surface area contributed by atoms with Crippen LogP contribution >= 0.6 is 0 Å². The molecular formula is C17H15F5N6. The number of aryl methyl sites for hydroxylation is 1. The molecule has 5 rings (SSSR count). The third kappa shape index (κ3) is 2.13. The van der Waals surface area contributed by atoms with Gasteiger partial charge < -0.3 is 10.2 Å². The third-order valence-corrected chi connectivity index (χ3v) is 5.28. The molecule has 11 heteroatoms. The summed E-state index contributed by atoms with van der Waals surface area (Å²) in [5, 5.41) is 7.70. The molecule has 0 saturated carbocycles. The van der Waals surface area contributed by atoms with Crippen molar-refractivity contribution >= 4 is 22.5 Å². The molecule has 0 bridgehead atoms. The fourth-order valence-corrected chi connectivity index (χ4v) is 3.85. The second kappa shape index (κ2) is 5.49. The van der Waals surface area contributed by atoms with E-state index in [0.29, 0.717) is 38.0 Å². The number of hydrogen-bond acceptors (Lipinski definition) is 5. The van der Waals surface area contributed by atoms with E-state index in [1.165, 1.54) is 4.52 Å². The maximum absolute atomic E-state index is 14.2. The highest BCUT2D eigenvalue weighted by molar-refractivity contribution is 5.94. The van der Waals surface area contributed by atoms with E-state index in [-0.39, 0.29) is 16.6 Å². The van der Waals surface area contributed by atoms with Gasteiger partial charge in [-0.2, -0.15) is 22.1 Å². The second-order valence-corrected chi connectivity index (χ2v) is 7.06. The Morgan fingerprint density at radius 1 is 1.11 bits per heavy atom. The average molecular weight is 398 g/mol. The third-order valence-electron chi connectivity index (χ3n) is 5.28. The Hall–Kier alpha value is -2.56. The molecule has 1 aliphatic carbocycles. The molecule has 3 heterocycles. The molecule has 1 aliphatic heterocycles. The summed E-state index contributed by atoms with van der Waals surface area (Å²) in [6.45, 7) is 4.27. The molecule has 148 valence electrons. The lowest BCUT2D eigenvalue weighted by Gasteiger charge is -2.28. The number of halogens is 5. The minimum absolute atomic E-state index is 0.0526. The van der Waals surface area contributed by atoms with Gasteiger partial charge in [-0.1, -0.05) is 0 Å². The molecule has 1 saturated heterocycles. The average Bonchev–Trinajstić information content (AvgIpc) is 3.12. The van der Waals surface area contributed by atoms with Crippen molar-refractivity contribution in [3.63, 3.8) is 0 Å². The topological polar surface area (TPSA) is 58.4 Å².